The first-order chi connectivity index (χ1) is 32.2. The van der Waals surface area contributed by atoms with Gasteiger partial charge >= 0.3 is 44.8 Å². The predicted molar refractivity (Wildman–Crippen MR) is 296 cm³/mol. The summed E-state index contributed by atoms with van der Waals surface area (Å²) in [5.41, 5.74) is 7.08. The first kappa shape index (κ1) is 50.7. The summed E-state index contributed by atoms with van der Waals surface area (Å²) in [7, 11) is -5.29. The van der Waals surface area contributed by atoms with Gasteiger partial charge in [0.15, 0.2) is 0 Å². The van der Waals surface area contributed by atoms with Crippen molar-refractivity contribution in [2.45, 2.75) is 26.2 Å². The summed E-state index contributed by atoms with van der Waals surface area (Å²) in [6.07, 6.45) is 14.5. The van der Waals surface area contributed by atoms with Crippen LogP contribution in [0.25, 0.3) is 22.3 Å². The minimum Gasteiger partial charge on any atom is -0.366 e. The van der Waals surface area contributed by atoms with Gasteiger partial charge in [0, 0.05) is 0 Å². The van der Waals surface area contributed by atoms with Crippen LogP contribution < -0.4 is 52.6 Å². The average Bonchev–Trinajstić information content (AvgIpc) is 3.75. The molecule has 2 heterocycles. The van der Waals surface area contributed by atoms with Crippen molar-refractivity contribution in [1.29, 1.82) is 0 Å². The van der Waals surface area contributed by atoms with Crippen molar-refractivity contribution in [3.8, 4) is 34.1 Å². The Morgan fingerprint density at radius 2 is 0.574 bits per heavy atom. The molecule has 0 aromatic heterocycles. The monoisotopic (exact) mass is 1310 g/mol. The van der Waals surface area contributed by atoms with Crippen LogP contribution >= 0.6 is 15.8 Å². The second-order valence-electron chi connectivity index (χ2n) is 17.9. The van der Waals surface area contributed by atoms with E-state index < -0.39 is 32.0 Å². The third-order valence-electron chi connectivity index (χ3n) is 13.2. The molecule has 68 heavy (non-hydrogen) atoms. The zero-order valence-corrected chi connectivity index (χ0v) is 46.9. The number of hydrogen-bond donors (Lipinski definition) is 0. The number of fused-ring (bicyclic) bond motifs is 6. The summed E-state index contributed by atoms with van der Waals surface area (Å²) in [5.74, 6) is 4.96. The van der Waals surface area contributed by atoms with Gasteiger partial charge in [-0.25, -0.2) is 0 Å². The summed E-state index contributed by atoms with van der Waals surface area (Å²) in [4.78, 5) is 0. The van der Waals surface area contributed by atoms with Crippen molar-refractivity contribution < 1.29 is 44.8 Å². The van der Waals surface area contributed by atoms with E-state index in [1.165, 1.54) is 74.8 Å². The van der Waals surface area contributed by atoms with E-state index >= 15 is 0 Å². The van der Waals surface area contributed by atoms with Gasteiger partial charge < -0.3 is 12.8 Å². The molecule has 0 aliphatic carbocycles. The fraction of sp³-hybridized carbons (Fsp3) is 0.0645. The summed E-state index contributed by atoms with van der Waals surface area (Å²) < 4.78 is 0. The van der Waals surface area contributed by atoms with Crippen molar-refractivity contribution in [2.75, 3.05) is 0 Å². The maximum atomic E-state index is 7.25. The molecule has 0 saturated carbocycles. The fourth-order valence-electron chi connectivity index (χ4n) is 9.89. The van der Waals surface area contributed by atoms with E-state index in [-0.39, 0.29) is 44.8 Å². The predicted octanol–water partition coefficient (Wildman–Crippen LogP) is 9.52. The first-order valence-electron chi connectivity index (χ1n) is 22.6. The summed E-state index contributed by atoms with van der Waals surface area (Å²) in [5, 5.41) is 14.7. The van der Waals surface area contributed by atoms with E-state index in [1.807, 2.05) is 12.1 Å². The molecule has 11 rings (SSSR count). The van der Waals surface area contributed by atoms with Crippen LogP contribution in [0, 0.1) is 24.7 Å². The van der Waals surface area contributed by atoms with Crippen LogP contribution in [0.3, 0.4) is 0 Å². The summed E-state index contributed by atoms with van der Waals surface area (Å²) >= 11 is 0. The standard InChI is InChI=1S/C30H24P2.2C16H13Si.2Au/c1-5-15-25(16-6-1)31(26-17-7-2-8-18-26)29-23-13-14-24-30(29)32(27-19-9-3-10-20-27)28-21-11-4-12-22-28;2*1-4-12-9-10-16-14(11-12)13-7-5-6-8-15(13)17(16,2)3;;/h1-24H;2*5-11H,2-3H3;;/q;2*-1;2*+1/p+2. The Morgan fingerprint density at radius 1 is 0.309 bits per heavy atom. The molecule has 9 aromatic rings. The van der Waals surface area contributed by atoms with Gasteiger partial charge in [-0.1, -0.05) is 172 Å². The third-order valence-corrected chi connectivity index (χ3v) is 26.1. The van der Waals surface area contributed by atoms with Crippen LogP contribution in [0.1, 0.15) is 11.1 Å². The van der Waals surface area contributed by atoms with Gasteiger partial charge in [0.25, 0.3) is 0 Å². The van der Waals surface area contributed by atoms with Crippen LogP contribution in [0.5, 0.6) is 0 Å². The topological polar surface area (TPSA) is 0 Å². The van der Waals surface area contributed by atoms with E-state index in [1.54, 1.807) is 0 Å². The average molecular weight is 1310 g/mol. The van der Waals surface area contributed by atoms with Crippen molar-refractivity contribution in [3.63, 3.8) is 0 Å². The molecule has 0 N–H and O–H groups in total. The van der Waals surface area contributed by atoms with Crippen molar-refractivity contribution in [2.24, 2.45) is 0 Å². The Kier molecular flexibility index (Phi) is 16.8. The molecule has 0 amide bonds. The molecule has 2 aliphatic rings. The van der Waals surface area contributed by atoms with E-state index in [0.717, 1.165) is 11.1 Å². The maximum Gasteiger partial charge on any atom is 1.00 e. The quantitative estimate of drug-likeness (QED) is 0.0675. The minimum absolute atomic E-state index is 0. The van der Waals surface area contributed by atoms with Gasteiger partial charge in [-0.05, 0) is 104 Å². The Labute approximate surface area is 440 Å². The summed E-state index contributed by atoms with van der Waals surface area (Å²) in [6.45, 7) is 9.58. The molecule has 0 spiro atoms. The Hall–Kier alpha value is -5.13. The second kappa shape index (κ2) is 22.5. The Bertz CT molecular complexity index is 2930. The van der Waals surface area contributed by atoms with Crippen molar-refractivity contribution in [3.05, 3.63) is 254 Å². The van der Waals surface area contributed by atoms with Crippen LogP contribution in [0.15, 0.2) is 231 Å². The number of rotatable bonds is 6. The van der Waals surface area contributed by atoms with Crippen LogP contribution in [0.4, 0.5) is 0 Å². The largest absolute Gasteiger partial charge is 1.00 e. The van der Waals surface area contributed by atoms with Crippen molar-refractivity contribution in [1.82, 2.24) is 0 Å². The van der Waals surface area contributed by atoms with Crippen LogP contribution in [0.2, 0.25) is 26.2 Å². The van der Waals surface area contributed by atoms with E-state index in [9.17, 15) is 0 Å². The Morgan fingerprint density at radius 3 is 0.882 bits per heavy atom. The minimum atomic E-state index is -1.51. The molecule has 0 atom stereocenters. The molecule has 0 bridgehead atoms. The van der Waals surface area contributed by atoms with E-state index in [4.69, 9.17) is 12.8 Å². The second-order valence-corrected chi connectivity index (χ2v) is 31.4. The molecule has 0 saturated heterocycles. The number of benzene rings is 9. The molecular formula is C62H52Au2P2Si2+2. The molecule has 9 aromatic carbocycles. The van der Waals surface area contributed by atoms with E-state index in [2.05, 4.69) is 256 Å². The smallest absolute Gasteiger partial charge is 0.366 e. The molecule has 0 nitrogen and oxygen atoms in total. The first-order valence-corrected chi connectivity index (χ1v) is 31.6. The molecule has 6 heteroatoms. The SMILES string of the molecule is [Au+].[Au+].[C-]#Cc1ccc2c(c1)-c1ccccc1[Si]2(C)C.[C-]#Cc1ccc2c(c1)-c1ccccc1[Si]2(C)C.c1ccc([PH+](c2ccccc2)c2ccccc2[PH+](c2ccccc2)c2ccccc2)cc1. The van der Waals surface area contributed by atoms with Gasteiger partial charge in [0.1, 0.15) is 63.8 Å². The third kappa shape index (κ3) is 10.3. The zero-order chi connectivity index (χ0) is 45.7. The van der Waals surface area contributed by atoms with Gasteiger partial charge in [0.2, 0.25) is 0 Å². The van der Waals surface area contributed by atoms with Gasteiger partial charge in [-0.3, -0.25) is 11.8 Å². The van der Waals surface area contributed by atoms with Gasteiger partial charge in [-0.2, -0.15) is 0 Å². The molecule has 2 aliphatic heterocycles. The van der Waals surface area contributed by atoms with Crippen molar-refractivity contribution >= 4 is 84.6 Å². The number of hydrogen-bond acceptors (Lipinski definition) is 0. The normalized spacial score (nSPS) is 12.6. The van der Waals surface area contributed by atoms with Gasteiger partial charge in [0.05, 0.1) is 0 Å². The molecule has 0 radical (unpaired) electrons. The fourth-order valence-corrected chi connectivity index (χ4v) is 22.0. The van der Waals surface area contributed by atoms with Crippen LogP contribution in [-0.4, -0.2) is 16.1 Å². The van der Waals surface area contributed by atoms with E-state index in [0.29, 0.717) is 0 Å². The maximum absolute atomic E-state index is 7.25. The molecule has 0 unspecified atom stereocenters. The zero-order valence-electron chi connectivity index (χ0n) is 38.5. The molecule has 0 fully saturated rings. The van der Waals surface area contributed by atoms with Crippen LogP contribution in [-0.2, 0) is 44.8 Å². The Balaban J connectivity index is 0.000000161. The molecule has 338 valence electrons. The summed E-state index contributed by atoms with van der Waals surface area (Å²) in [6, 6.07) is 83.4. The van der Waals surface area contributed by atoms with Gasteiger partial charge in [-0.15, -0.1) is 35.4 Å². The molecular weight excluding hydrogens is 1260 g/mol.